The number of hydrogen-bond donors (Lipinski definition) is 1. The lowest BCUT2D eigenvalue weighted by atomic mass is 10.2. The smallest absolute Gasteiger partial charge is 0.334 e. The van der Waals surface area contributed by atoms with Gasteiger partial charge in [0, 0.05) is 19.7 Å². The Kier molecular flexibility index (Phi) is 14.1. The molecule has 0 aliphatic carbocycles. The van der Waals surface area contributed by atoms with Crippen molar-refractivity contribution in [2.75, 3.05) is 33.9 Å². The second-order valence-corrected chi connectivity index (χ2v) is 14.8. The molecule has 0 spiro atoms. The fraction of sp³-hybridized carbons (Fsp3) is 0.516. The Bertz CT molecular complexity index is 1500. The average Bonchev–Trinajstić information content (AvgIpc) is 3.84. The molecular weight excluding hydrogens is 640 g/mol. The molecule has 3 atom stereocenters. The van der Waals surface area contributed by atoms with E-state index in [1.807, 2.05) is 12.1 Å². The van der Waals surface area contributed by atoms with Crippen molar-refractivity contribution in [2.45, 2.75) is 68.2 Å². The van der Waals surface area contributed by atoms with Gasteiger partial charge in [-0.15, -0.1) is 0 Å². The molecule has 1 N–H and O–H groups in total. The zero-order valence-corrected chi connectivity index (χ0v) is 27.7. The minimum atomic E-state index is -3.55. The Morgan fingerprint density at radius 3 is 1.59 bits per heavy atom. The van der Waals surface area contributed by atoms with E-state index in [4.69, 9.17) is 9.84 Å². The number of ether oxygens (including phenoxy) is 3. The van der Waals surface area contributed by atoms with Crippen molar-refractivity contribution in [2.24, 2.45) is 0 Å². The van der Waals surface area contributed by atoms with Crippen LogP contribution in [0.2, 0.25) is 0 Å². The van der Waals surface area contributed by atoms with Crippen LogP contribution in [0.5, 0.6) is 0 Å². The molecule has 0 aromatic heterocycles. The van der Waals surface area contributed by atoms with Crippen molar-refractivity contribution in [1.29, 1.82) is 0 Å². The summed E-state index contributed by atoms with van der Waals surface area (Å²) in [5.74, 6) is -2.01. The van der Waals surface area contributed by atoms with E-state index >= 15 is 0 Å². The molecule has 3 saturated heterocycles. The maximum Gasteiger partial charge on any atom is 0.334 e. The van der Waals surface area contributed by atoms with Gasteiger partial charge in [0.1, 0.15) is 12.1 Å². The van der Waals surface area contributed by atoms with Crippen molar-refractivity contribution in [3.8, 4) is 0 Å². The normalized spacial score (nSPS) is 21.7. The second-order valence-electron chi connectivity index (χ2n) is 10.9. The number of hydrogen-bond acceptors (Lipinski definition) is 10. The second kappa shape index (κ2) is 17.5. The molecule has 5 rings (SSSR count). The van der Waals surface area contributed by atoms with Crippen LogP contribution in [0.3, 0.4) is 0 Å². The number of esters is 2. The van der Waals surface area contributed by atoms with Gasteiger partial charge in [-0.1, -0.05) is 60.7 Å². The maximum atomic E-state index is 12.4. The predicted octanol–water partition coefficient (Wildman–Crippen LogP) is 2.56. The first kappa shape index (κ1) is 37.1. The summed E-state index contributed by atoms with van der Waals surface area (Å²) in [5.41, 5.74) is 1.39. The highest BCUT2D eigenvalue weighted by atomic mass is 32.2. The maximum absolute atomic E-state index is 12.4. The molecule has 3 unspecified atom stereocenters. The van der Waals surface area contributed by atoms with E-state index < -0.39 is 44.1 Å². The van der Waals surface area contributed by atoms with Gasteiger partial charge in [-0.05, 0) is 49.7 Å². The summed E-state index contributed by atoms with van der Waals surface area (Å²) in [4.78, 5) is 33.3. The SMILES string of the molecule is COC(=O)C1CCCN1S(=O)(=O)Cc1ccccc1.COC(=O)C1CCCO1.O=C(O)C1CCCN1S(=O)(=O)Cc1ccccc1. The third kappa shape index (κ3) is 10.6. The van der Waals surface area contributed by atoms with Crippen molar-refractivity contribution in [1.82, 2.24) is 8.61 Å². The molecule has 13 nitrogen and oxygen atoms in total. The highest BCUT2D eigenvalue weighted by Gasteiger charge is 2.40. The Hall–Kier alpha value is -3.37. The first-order valence-corrected chi connectivity index (χ1v) is 18.2. The number of sulfonamides is 2. The van der Waals surface area contributed by atoms with E-state index in [1.54, 1.807) is 48.5 Å². The minimum absolute atomic E-state index is 0.0820. The van der Waals surface area contributed by atoms with Crippen molar-refractivity contribution in [3.63, 3.8) is 0 Å². The van der Waals surface area contributed by atoms with Gasteiger partial charge < -0.3 is 19.3 Å². The number of carboxylic acids is 1. The highest BCUT2D eigenvalue weighted by Crippen LogP contribution is 2.25. The number of aliphatic carboxylic acids is 1. The summed E-state index contributed by atoms with van der Waals surface area (Å²) in [6.45, 7) is 1.38. The van der Waals surface area contributed by atoms with E-state index in [9.17, 15) is 31.2 Å². The summed E-state index contributed by atoms with van der Waals surface area (Å²) >= 11 is 0. The Labute approximate surface area is 270 Å². The molecular formula is C31H42N2O11S2. The number of rotatable bonds is 9. The van der Waals surface area contributed by atoms with Crippen LogP contribution in [0.4, 0.5) is 0 Å². The number of carbonyl (C=O) groups excluding carboxylic acids is 2. The largest absolute Gasteiger partial charge is 0.480 e. The Morgan fingerprint density at radius 2 is 1.17 bits per heavy atom. The quantitative estimate of drug-likeness (QED) is 0.385. The lowest BCUT2D eigenvalue weighted by molar-refractivity contribution is -0.151. The first-order chi connectivity index (χ1) is 21.9. The van der Waals surface area contributed by atoms with E-state index in [2.05, 4.69) is 9.47 Å². The van der Waals surface area contributed by atoms with Gasteiger partial charge >= 0.3 is 17.9 Å². The average molecular weight is 683 g/mol. The molecule has 0 amide bonds. The van der Waals surface area contributed by atoms with Gasteiger partial charge in [-0.25, -0.2) is 21.6 Å². The fourth-order valence-electron chi connectivity index (χ4n) is 5.40. The van der Waals surface area contributed by atoms with Crippen molar-refractivity contribution >= 4 is 38.0 Å². The molecule has 15 heteroatoms. The van der Waals surface area contributed by atoms with Crippen molar-refractivity contribution in [3.05, 3.63) is 71.8 Å². The van der Waals surface area contributed by atoms with Crippen LogP contribution in [0.1, 0.15) is 49.7 Å². The summed E-state index contributed by atoms with van der Waals surface area (Å²) in [7, 11) is -4.38. The zero-order valence-electron chi connectivity index (χ0n) is 26.0. The van der Waals surface area contributed by atoms with Crippen molar-refractivity contribution < 1.29 is 50.5 Å². The van der Waals surface area contributed by atoms with Gasteiger partial charge in [-0.3, -0.25) is 9.59 Å². The van der Waals surface area contributed by atoms with Crippen LogP contribution in [-0.2, 0) is 60.1 Å². The molecule has 254 valence electrons. The highest BCUT2D eigenvalue weighted by molar-refractivity contribution is 7.88. The molecule has 46 heavy (non-hydrogen) atoms. The first-order valence-electron chi connectivity index (χ1n) is 15.0. The zero-order chi connectivity index (χ0) is 33.7. The molecule has 0 saturated carbocycles. The van der Waals surface area contributed by atoms with E-state index in [-0.39, 0.29) is 23.6 Å². The van der Waals surface area contributed by atoms with Crippen LogP contribution in [-0.4, -0.2) is 101 Å². The number of nitrogens with zero attached hydrogens (tertiary/aromatic N) is 2. The molecule has 2 aromatic carbocycles. The third-order valence-corrected chi connectivity index (χ3v) is 11.4. The Balaban J connectivity index is 0.000000200. The molecule has 3 aliphatic heterocycles. The van der Waals surface area contributed by atoms with E-state index in [1.165, 1.54) is 18.5 Å². The topological polar surface area (TPSA) is 174 Å². The number of benzene rings is 2. The number of carboxylic acid groups (broad SMARTS) is 1. The van der Waals surface area contributed by atoms with Gasteiger partial charge in [0.15, 0.2) is 6.10 Å². The molecule has 3 aliphatic rings. The minimum Gasteiger partial charge on any atom is -0.480 e. The van der Waals surface area contributed by atoms with E-state index in [0.717, 1.165) is 22.7 Å². The van der Waals surface area contributed by atoms with Crippen LogP contribution >= 0.6 is 0 Å². The van der Waals surface area contributed by atoms with E-state index in [0.29, 0.717) is 50.9 Å². The molecule has 0 bridgehead atoms. The molecule has 3 heterocycles. The van der Waals surface area contributed by atoms with Crippen LogP contribution < -0.4 is 0 Å². The number of methoxy groups -OCH3 is 2. The van der Waals surface area contributed by atoms with Gasteiger partial charge in [0.2, 0.25) is 20.0 Å². The lowest BCUT2D eigenvalue weighted by Gasteiger charge is -2.22. The Morgan fingerprint density at radius 1 is 0.717 bits per heavy atom. The standard InChI is InChI=1S/C13H17NO4S.C12H15NO4S.C6H10O3/c1-18-13(15)12-8-5-9-14(12)19(16,17)10-11-6-3-2-4-7-11;14-12(15)11-7-4-8-13(11)18(16,17)9-10-5-2-1-3-6-10;1-8-6(7)5-3-2-4-9-5/h2-4,6-7,12H,5,8-10H2,1H3;1-3,5-6,11H,4,7-9H2,(H,14,15);5H,2-4H2,1H3. The fourth-order valence-corrected chi connectivity index (χ4v) is 8.93. The monoisotopic (exact) mass is 682 g/mol. The summed E-state index contributed by atoms with van der Waals surface area (Å²) in [6.07, 6.45) is 3.71. The van der Waals surface area contributed by atoms with Crippen LogP contribution in [0.15, 0.2) is 60.7 Å². The molecule has 2 aromatic rings. The summed E-state index contributed by atoms with van der Waals surface area (Å²) < 4.78 is 65.6. The summed E-state index contributed by atoms with van der Waals surface area (Å²) in [5, 5.41) is 9.01. The van der Waals surface area contributed by atoms with Gasteiger partial charge in [0.25, 0.3) is 0 Å². The van der Waals surface area contributed by atoms with Crippen LogP contribution in [0, 0.1) is 0 Å². The lowest BCUT2D eigenvalue weighted by Crippen LogP contribution is -2.41. The summed E-state index contributed by atoms with van der Waals surface area (Å²) in [6, 6.07) is 16.2. The van der Waals surface area contributed by atoms with Crippen LogP contribution in [0.25, 0.3) is 0 Å². The molecule has 3 fully saturated rings. The predicted molar refractivity (Wildman–Crippen MR) is 168 cm³/mol. The van der Waals surface area contributed by atoms with Gasteiger partial charge in [0.05, 0.1) is 25.7 Å². The third-order valence-electron chi connectivity index (χ3n) is 7.66. The molecule has 0 radical (unpaired) electrons. The van der Waals surface area contributed by atoms with Gasteiger partial charge in [-0.2, -0.15) is 8.61 Å². The number of carbonyl (C=O) groups is 3.